The Balaban J connectivity index is 1.60. The van der Waals surface area contributed by atoms with Gasteiger partial charge in [-0.15, -0.1) is 0 Å². The highest BCUT2D eigenvalue weighted by molar-refractivity contribution is 6.07. The van der Waals surface area contributed by atoms with Crippen molar-refractivity contribution in [1.82, 2.24) is 20.4 Å². The molecule has 2 heterocycles. The van der Waals surface area contributed by atoms with Crippen molar-refractivity contribution in [2.75, 3.05) is 26.7 Å². The monoisotopic (exact) mass is 308 g/mol. The van der Waals surface area contributed by atoms with Crippen LogP contribution in [-0.4, -0.2) is 65.9 Å². The van der Waals surface area contributed by atoms with E-state index in [4.69, 9.17) is 0 Å². The number of amides is 4. The zero-order valence-electron chi connectivity index (χ0n) is 13.2. The van der Waals surface area contributed by atoms with E-state index in [0.29, 0.717) is 19.1 Å². The smallest absolute Gasteiger partial charge is 0.322 e. The number of likely N-dealkylation sites (N-methyl/N-ethyl adjacent to an activating group) is 1. The molecule has 7 heteroatoms. The van der Waals surface area contributed by atoms with E-state index in [1.807, 2.05) is 11.9 Å². The maximum Gasteiger partial charge on any atom is 0.322 e. The van der Waals surface area contributed by atoms with Gasteiger partial charge in [0.1, 0.15) is 5.54 Å². The molecule has 1 aliphatic carbocycles. The molecule has 1 saturated carbocycles. The van der Waals surface area contributed by atoms with Crippen LogP contribution in [0.5, 0.6) is 0 Å². The number of imide groups is 1. The van der Waals surface area contributed by atoms with Gasteiger partial charge in [-0.1, -0.05) is 0 Å². The van der Waals surface area contributed by atoms with Crippen LogP contribution in [0, 0.1) is 5.92 Å². The molecule has 0 radical (unpaired) electrons. The number of urea groups is 1. The van der Waals surface area contributed by atoms with Crippen LogP contribution >= 0.6 is 0 Å². The molecule has 0 bridgehead atoms. The van der Waals surface area contributed by atoms with Crippen LogP contribution in [0.4, 0.5) is 4.79 Å². The average molecular weight is 308 g/mol. The van der Waals surface area contributed by atoms with Crippen LogP contribution in [-0.2, 0) is 9.59 Å². The summed E-state index contributed by atoms with van der Waals surface area (Å²) < 4.78 is 0. The zero-order valence-corrected chi connectivity index (χ0v) is 13.2. The van der Waals surface area contributed by atoms with Crippen LogP contribution in [0.25, 0.3) is 0 Å². The molecule has 3 rings (SSSR count). The Morgan fingerprint density at radius 1 is 1.36 bits per heavy atom. The summed E-state index contributed by atoms with van der Waals surface area (Å²) in [5.74, 6) is -0.0780. The molecule has 2 N–H and O–H groups in total. The molecule has 2 saturated heterocycles. The molecule has 7 nitrogen and oxygen atoms in total. The third kappa shape index (κ3) is 2.82. The Hall–Kier alpha value is -1.63. The second kappa shape index (κ2) is 5.53. The van der Waals surface area contributed by atoms with Crippen molar-refractivity contribution in [2.24, 2.45) is 5.92 Å². The average Bonchev–Trinajstić information content (AvgIpc) is 3.27. The lowest BCUT2D eigenvalue weighted by Gasteiger charge is -2.39. The van der Waals surface area contributed by atoms with Gasteiger partial charge in [-0.05, 0) is 39.2 Å². The molecule has 0 spiro atoms. The van der Waals surface area contributed by atoms with Crippen molar-refractivity contribution in [3.63, 3.8) is 0 Å². The maximum absolute atomic E-state index is 12.3. The topological polar surface area (TPSA) is 81.8 Å². The summed E-state index contributed by atoms with van der Waals surface area (Å²) in [6.45, 7) is 3.70. The molecule has 4 amide bonds. The van der Waals surface area contributed by atoms with Crippen LogP contribution in [0.3, 0.4) is 0 Å². The SMILES string of the molecule is CN(C(=O)CN1CCCC(C2(C)NC(=O)NC2=O)C1)C1CC1. The molecule has 2 aliphatic heterocycles. The van der Waals surface area contributed by atoms with Gasteiger partial charge in [0, 0.05) is 25.6 Å². The zero-order chi connectivity index (χ0) is 15.9. The second-order valence-electron chi connectivity index (χ2n) is 6.92. The molecule has 0 aromatic rings. The molecule has 3 fully saturated rings. The summed E-state index contributed by atoms with van der Waals surface area (Å²) in [5, 5.41) is 5.07. The quantitative estimate of drug-likeness (QED) is 0.712. The standard InChI is InChI=1S/C15H24N4O3/c1-15(13(21)16-14(22)17-15)10-4-3-7-19(8-10)9-12(20)18(2)11-5-6-11/h10-11H,3-9H2,1-2H3,(H2,16,17,21,22). The van der Waals surface area contributed by atoms with Crippen molar-refractivity contribution in [2.45, 2.75) is 44.2 Å². The third-order valence-electron chi connectivity index (χ3n) is 5.24. The van der Waals surface area contributed by atoms with Gasteiger partial charge in [0.25, 0.3) is 5.91 Å². The van der Waals surface area contributed by atoms with Gasteiger partial charge in [-0.2, -0.15) is 0 Å². The predicted octanol–water partition coefficient (Wildman–Crippen LogP) is -0.0827. The second-order valence-corrected chi connectivity index (χ2v) is 6.92. The van der Waals surface area contributed by atoms with E-state index in [0.717, 1.165) is 32.2 Å². The third-order valence-corrected chi connectivity index (χ3v) is 5.24. The number of likely N-dealkylation sites (tertiary alicyclic amines) is 1. The molecule has 2 atom stereocenters. The van der Waals surface area contributed by atoms with E-state index < -0.39 is 11.6 Å². The first-order valence-electron chi connectivity index (χ1n) is 8.02. The van der Waals surface area contributed by atoms with Gasteiger partial charge in [-0.25, -0.2) is 4.79 Å². The fourth-order valence-corrected chi connectivity index (χ4v) is 3.48. The summed E-state index contributed by atoms with van der Waals surface area (Å²) in [5.41, 5.74) is -0.860. The number of rotatable bonds is 4. The summed E-state index contributed by atoms with van der Waals surface area (Å²) in [7, 11) is 1.87. The van der Waals surface area contributed by atoms with E-state index in [1.54, 1.807) is 6.92 Å². The van der Waals surface area contributed by atoms with Gasteiger partial charge < -0.3 is 10.2 Å². The van der Waals surface area contributed by atoms with E-state index >= 15 is 0 Å². The summed E-state index contributed by atoms with van der Waals surface area (Å²) in [6, 6.07) is -0.000306. The first-order valence-corrected chi connectivity index (χ1v) is 8.02. The van der Waals surface area contributed by atoms with E-state index in [2.05, 4.69) is 15.5 Å². The van der Waals surface area contributed by atoms with E-state index in [1.165, 1.54) is 0 Å². The summed E-state index contributed by atoms with van der Waals surface area (Å²) in [4.78, 5) is 39.7. The lowest BCUT2D eigenvalue weighted by Crippen LogP contribution is -2.56. The first kappa shape index (κ1) is 15.3. The number of carbonyl (C=O) groups excluding carboxylic acids is 3. The van der Waals surface area contributed by atoms with Crippen LogP contribution in [0.15, 0.2) is 0 Å². The number of nitrogens with one attached hydrogen (secondary N) is 2. The number of hydrogen-bond acceptors (Lipinski definition) is 4. The lowest BCUT2D eigenvalue weighted by molar-refractivity contribution is -0.132. The van der Waals surface area contributed by atoms with Gasteiger partial charge in [0.15, 0.2) is 0 Å². The molecule has 3 aliphatic rings. The fourth-order valence-electron chi connectivity index (χ4n) is 3.48. The Morgan fingerprint density at radius 2 is 2.09 bits per heavy atom. The normalized spacial score (nSPS) is 32.5. The van der Waals surface area contributed by atoms with Crippen molar-refractivity contribution in [3.05, 3.63) is 0 Å². The van der Waals surface area contributed by atoms with Gasteiger partial charge in [-0.3, -0.25) is 19.8 Å². The van der Waals surface area contributed by atoms with Gasteiger partial charge >= 0.3 is 6.03 Å². The fraction of sp³-hybridized carbons (Fsp3) is 0.800. The summed E-state index contributed by atoms with van der Waals surface area (Å²) in [6.07, 6.45) is 4.03. The first-order chi connectivity index (χ1) is 10.4. The predicted molar refractivity (Wildman–Crippen MR) is 80.0 cm³/mol. The molecular formula is C15H24N4O3. The van der Waals surface area contributed by atoms with E-state index in [9.17, 15) is 14.4 Å². The molecule has 0 aromatic carbocycles. The Kier molecular flexibility index (Phi) is 3.84. The largest absolute Gasteiger partial charge is 0.342 e. The highest BCUT2D eigenvalue weighted by Crippen LogP contribution is 2.30. The van der Waals surface area contributed by atoms with Crippen LogP contribution in [0.2, 0.25) is 0 Å². The highest BCUT2D eigenvalue weighted by Gasteiger charge is 2.49. The number of piperidine rings is 1. The number of carbonyl (C=O) groups is 3. The van der Waals surface area contributed by atoms with Gasteiger partial charge in [0.05, 0.1) is 6.54 Å². The van der Waals surface area contributed by atoms with Crippen molar-refractivity contribution in [1.29, 1.82) is 0 Å². The Bertz CT molecular complexity index is 505. The van der Waals surface area contributed by atoms with Crippen LogP contribution in [0.1, 0.15) is 32.6 Å². The minimum atomic E-state index is -0.860. The minimum Gasteiger partial charge on any atom is -0.342 e. The minimum absolute atomic E-state index is 0.0340. The maximum atomic E-state index is 12.3. The summed E-state index contributed by atoms with van der Waals surface area (Å²) >= 11 is 0. The molecule has 0 aromatic heterocycles. The molecular weight excluding hydrogens is 284 g/mol. The van der Waals surface area contributed by atoms with Crippen molar-refractivity contribution >= 4 is 17.8 Å². The highest BCUT2D eigenvalue weighted by atomic mass is 16.2. The Morgan fingerprint density at radius 3 is 2.68 bits per heavy atom. The molecule has 122 valence electrons. The van der Waals surface area contributed by atoms with Crippen molar-refractivity contribution in [3.8, 4) is 0 Å². The van der Waals surface area contributed by atoms with E-state index in [-0.39, 0.29) is 17.7 Å². The number of hydrogen-bond donors (Lipinski definition) is 2. The number of nitrogens with zero attached hydrogens (tertiary/aromatic N) is 2. The van der Waals surface area contributed by atoms with Gasteiger partial charge in [0.2, 0.25) is 5.91 Å². The Labute approximate surface area is 130 Å². The van der Waals surface area contributed by atoms with Crippen molar-refractivity contribution < 1.29 is 14.4 Å². The van der Waals surface area contributed by atoms with Crippen LogP contribution < -0.4 is 10.6 Å². The lowest BCUT2D eigenvalue weighted by atomic mass is 9.80. The molecule has 22 heavy (non-hydrogen) atoms. The molecule has 2 unspecified atom stereocenters.